The number of anilines is 1. The Morgan fingerprint density at radius 1 is 1.11 bits per heavy atom. The molecular formula is C19H11N3O3S2. The molecule has 1 aromatic heterocycles. The van der Waals surface area contributed by atoms with Crippen LogP contribution in [0.3, 0.4) is 0 Å². The zero-order valence-electron chi connectivity index (χ0n) is 13.7. The Bertz CT molecular complexity index is 1130. The Kier molecular flexibility index (Phi) is 4.43. The van der Waals surface area contributed by atoms with Gasteiger partial charge in [0, 0.05) is 0 Å². The van der Waals surface area contributed by atoms with Crippen molar-refractivity contribution in [2.45, 2.75) is 0 Å². The summed E-state index contributed by atoms with van der Waals surface area (Å²) in [5, 5.41) is 8.99. The van der Waals surface area contributed by atoms with Crippen LogP contribution in [0.1, 0.15) is 16.1 Å². The van der Waals surface area contributed by atoms with E-state index in [0.29, 0.717) is 20.6 Å². The minimum atomic E-state index is -1.03. The molecule has 8 heteroatoms. The van der Waals surface area contributed by atoms with Gasteiger partial charge in [-0.25, -0.2) is 9.78 Å². The number of nitrogens with zero attached hydrogens (tertiary/aromatic N) is 3. The second-order valence-corrected chi connectivity index (χ2v) is 7.33. The van der Waals surface area contributed by atoms with Crippen molar-refractivity contribution in [3.63, 3.8) is 0 Å². The summed E-state index contributed by atoms with van der Waals surface area (Å²) in [5.74, 6) is -1.30. The second kappa shape index (κ2) is 6.90. The predicted molar refractivity (Wildman–Crippen MR) is 109 cm³/mol. The Morgan fingerprint density at radius 2 is 1.81 bits per heavy atom. The number of para-hydroxylation sites is 2. The number of aromatic nitrogens is 2. The Labute approximate surface area is 163 Å². The van der Waals surface area contributed by atoms with Crippen LogP contribution in [-0.2, 0) is 4.79 Å². The van der Waals surface area contributed by atoms with E-state index in [4.69, 9.17) is 17.3 Å². The monoisotopic (exact) mass is 393 g/mol. The van der Waals surface area contributed by atoms with Gasteiger partial charge in [-0.15, -0.1) is 0 Å². The number of benzene rings is 2. The first-order valence-electron chi connectivity index (χ1n) is 7.86. The third-order valence-corrected chi connectivity index (χ3v) is 5.21. The molecule has 27 heavy (non-hydrogen) atoms. The zero-order chi connectivity index (χ0) is 19.0. The number of carboxylic acid groups (broad SMARTS) is 1. The summed E-state index contributed by atoms with van der Waals surface area (Å²) in [4.78, 5) is 34.4. The van der Waals surface area contributed by atoms with Crippen LogP contribution in [0.4, 0.5) is 5.69 Å². The third-order valence-electron chi connectivity index (χ3n) is 3.91. The lowest BCUT2D eigenvalue weighted by atomic mass is 10.2. The molecule has 1 amide bonds. The lowest BCUT2D eigenvalue weighted by molar-refractivity contribution is -0.113. The maximum absolute atomic E-state index is 12.8. The molecule has 1 fully saturated rings. The highest BCUT2D eigenvalue weighted by molar-refractivity contribution is 8.27. The van der Waals surface area contributed by atoms with Crippen LogP contribution in [0.2, 0.25) is 0 Å². The molecular weight excluding hydrogens is 382 g/mol. The van der Waals surface area contributed by atoms with Gasteiger partial charge in [0.1, 0.15) is 0 Å². The maximum atomic E-state index is 12.8. The van der Waals surface area contributed by atoms with Crippen LogP contribution >= 0.6 is 24.0 Å². The van der Waals surface area contributed by atoms with Crippen molar-refractivity contribution in [1.82, 2.24) is 9.97 Å². The highest BCUT2D eigenvalue weighted by Crippen LogP contribution is 2.35. The lowest BCUT2D eigenvalue weighted by Crippen LogP contribution is -2.27. The number of carboxylic acids is 1. The lowest BCUT2D eigenvalue weighted by Gasteiger charge is -2.14. The summed E-state index contributed by atoms with van der Waals surface area (Å²) in [7, 11) is 0. The number of amides is 1. The van der Waals surface area contributed by atoms with Gasteiger partial charge in [-0.05, 0) is 42.5 Å². The van der Waals surface area contributed by atoms with E-state index in [0.717, 1.165) is 11.0 Å². The molecule has 0 atom stereocenters. The molecule has 0 saturated carbocycles. The number of carbonyl (C=O) groups excluding carboxylic acids is 1. The quantitative estimate of drug-likeness (QED) is 0.536. The topological polar surface area (TPSA) is 83.4 Å². The van der Waals surface area contributed by atoms with Gasteiger partial charge in [-0.2, -0.15) is 0 Å². The summed E-state index contributed by atoms with van der Waals surface area (Å²) in [6.45, 7) is 0. The molecule has 0 aliphatic carbocycles. The number of aromatic carboxylic acids is 1. The van der Waals surface area contributed by atoms with Crippen LogP contribution in [-0.4, -0.2) is 31.3 Å². The van der Waals surface area contributed by atoms with Crippen molar-refractivity contribution < 1.29 is 14.7 Å². The SMILES string of the molecule is O=C(O)c1ccc(N2C(=O)/C(=C\c3cnc4ccccc4n3)SC2=S)cc1. The van der Waals surface area contributed by atoms with Crippen LogP contribution in [0.15, 0.2) is 59.6 Å². The molecule has 1 aliphatic rings. The van der Waals surface area contributed by atoms with Gasteiger partial charge in [0.05, 0.1) is 39.1 Å². The highest BCUT2D eigenvalue weighted by Gasteiger charge is 2.33. The summed E-state index contributed by atoms with van der Waals surface area (Å²) < 4.78 is 0.378. The van der Waals surface area contributed by atoms with Crippen molar-refractivity contribution in [2.75, 3.05) is 4.90 Å². The van der Waals surface area contributed by atoms with E-state index < -0.39 is 5.97 Å². The van der Waals surface area contributed by atoms with Crippen molar-refractivity contribution in [3.8, 4) is 0 Å². The molecule has 1 N–H and O–H groups in total. The van der Waals surface area contributed by atoms with Gasteiger partial charge in [0.15, 0.2) is 4.32 Å². The number of rotatable bonds is 3. The molecule has 2 heterocycles. The largest absolute Gasteiger partial charge is 0.478 e. The van der Waals surface area contributed by atoms with Gasteiger partial charge >= 0.3 is 5.97 Å². The normalized spacial score (nSPS) is 15.7. The summed E-state index contributed by atoms with van der Waals surface area (Å²) in [6.07, 6.45) is 3.26. The zero-order valence-corrected chi connectivity index (χ0v) is 15.3. The van der Waals surface area contributed by atoms with Gasteiger partial charge < -0.3 is 5.11 Å². The number of thioether (sulfide) groups is 1. The Morgan fingerprint density at radius 3 is 2.52 bits per heavy atom. The second-order valence-electron chi connectivity index (χ2n) is 5.65. The fourth-order valence-electron chi connectivity index (χ4n) is 2.62. The molecule has 2 aromatic carbocycles. The summed E-state index contributed by atoms with van der Waals surface area (Å²) in [6, 6.07) is 13.5. The number of hydrogen-bond donors (Lipinski definition) is 1. The van der Waals surface area contributed by atoms with Gasteiger partial charge in [-0.1, -0.05) is 36.1 Å². The van der Waals surface area contributed by atoms with E-state index in [9.17, 15) is 9.59 Å². The van der Waals surface area contributed by atoms with Crippen LogP contribution in [0.5, 0.6) is 0 Å². The number of fused-ring (bicyclic) bond motifs is 1. The van der Waals surface area contributed by atoms with Gasteiger partial charge in [-0.3, -0.25) is 14.7 Å². The Hall–Kier alpha value is -3.10. The van der Waals surface area contributed by atoms with Crippen LogP contribution < -0.4 is 4.90 Å². The number of thiocarbonyl (C=S) groups is 1. The standard InChI is InChI=1S/C19H11N3O3S2/c23-17-16(9-12-10-20-14-3-1-2-4-15(14)21-12)27-19(26)22(17)13-7-5-11(6-8-13)18(24)25/h1-10H,(H,24,25)/b16-9+. The smallest absolute Gasteiger partial charge is 0.335 e. The molecule has 0 spiro atoms. The van der Waals surface area contributed by atoms with Crippen LogP contribution in [0.25, 0.3) is 17.1 Å². The van der Waals surface area contributed by atoms with Crippen molar-refractivity contribution in [2.24, 2.45) is 0 Å². The molecule has 4 rings (SSSR count). The van der Waals surface area contributed by atoms with Crippen molar-refractivity contribution in [3.05, 3.63) is 70.9 Å². The van der Waals surface area contributed by atoms with Crippen LogP contribution in [0, 0.1) is 0 Å². The molecule has 1 aliphatic heterocycles. The average molecular weight is 393 g/mol. The van der Waals surface area contributed by atoms with Crippen molar-refractivity contribution >= 4 is 63.0 Å². The van der Waals surface area contributed by atoms with Gasteiger partial charge in [0.2, 0.25) is 0 Å². The molecule has 3 aromatic rings. The van der Waals surface area contributed by atoms with Gasteiger partial charge in [0.25, 0.3) is 5.91 Å². The van der Waals surface area contributed by atoms with E-state index >= 15 is 0 Å². The van der Waals surface area contributed by atoms with E-state index in [1.165, 1.54) is 28.8 Å². The van der Waals surface area contributed by atoms with E-state index in [-0.39, 0.29) is 11.5 Å². The number of carbonyl (C=O) groups is 2. The Balaban J connectivity index is 1.65. The molecule has 1 saturated heterocycles. The molecule has 0 unspecified atom stereocenters. The molecule has 132 valence electrons. The molecule has 0 radical (unpaired) electrons. The van der Waals surface area contributed by atoms with E-state index in [1.807, 2.05) is 24.3 Å². The minimum Gasteiger partial charge on any atom is -0.478 e. The predicted octanol–water partition coefficient (Wildman–Crippen LogP) is 3.73. The average Bonchev–Trinajstić information content (AvgIpc) is 2.95. The fraction of sp³-hybridized carbons (Fsp3) is 0. The third kappa shape index (κ3) is 3.32. The maximum Gasteiger partial charge on any atom is 0.335 e. The number of hydrogen-bond acceptors (Lipinski definition) is 6. The molecule has 0 bridgehead atoms. The first-order valence-corrected chi connectivity index (χ1v) is 9.08. The summed E-state index contributed by atoms with van der Waals surface area (Å²) in [5.41, 5.74) is 2.75. The minimum absolute atomic E-state index is 0.145. The first-order chi connectivity index (χ1) is 13.0. The summed E-state index contributed by atoms with van der Waals surface area (Å²) >= 11 is 6.50. The first kappa shape index (κ1) is 17.3. The fourth-order valence-corrected chi connectivity index (χ4v) is 3.90. The highest BCUT2D eigenvalue weighted by atomic mass is 32.2. The van der Waals surface area contributed by atoms with E-state index in [1.54, 1.807) is 24.4 Å². The van der Waals surface area contributed by atoms with E-state index in [2.05, 4.69) is 9.97 Å². The van der Waals surface area contributed by atoms with Crippen molar-refractivity contribution in [1.29, 1.82) is 0 Å². The molecule has 6 nitrogen and oxygen atoms in total.